The molecule has 0 aliphatic rings. The van der Waals surface area contributed by atoms with Crippen molar-refractivity contribution in [2.75, 3.05) is 5.32 Å². The van der Waals surface area contributed by atoms with Gasteiger partial charge < -0.3 is 11.1 Å². The summed E-state index contributed by atoms with van der Waals surface area (Å²) in [7, 11) is 0. The number of amides is 1. The van der Waals surface area contributed by atoms with Crippen LogP contribution in [0.25, 0.3) is 0 Å². The van der Waals surface area contributed by atoms with Crippen LogP contribution >= 0.6 is 23.8 Å². The molecule has 0 bridgehead atoms. The Hall–Kier alpha value is -1.20. The highest BCUT2D eigenvalue weighted by atomic mass is 35.5. The first-order valence-electron chi connectivity index (χ1n) is 3.77. The maximum absolute atomic E-state index is 11.2. The Balaban J connectivity index is 2.56. The third kappa shape index (κ3) is 3.68. The van der Waals surface area contributed by atoms with Crippen LogP contribution in [-0.4, -0.2) is 15.9 Å². The van der Waals surface area contributed by atoms with Crippen molar-refractivity contribution in [2.45, 2.75) is 6.42 Å². The Morgan fingerprint density at radius 1 is 1.64 bits per heavy atom. The van der Waals surface area contributed by atoms with E-state index >= 15 is 0 Å². The Morgan fingerprint density at radius 2 is 2.36 bits per heavy atom. The Labute approximate surface area is 91.5 Å². The smallest absolute Gasteiger partial charge is 0.231 e. The molecule has 1 aromatic rings. The average Bonchev–Trinajstić information content (AvgIpc) is 2.07. The Morgan fingerprint density at radius 3 is 2.86 bits per heavy atom. The zero-order valence-corrected chi connectivity index (χ0v) is 8.73. The first kappa shape index (κ1) is 10.9. The summed E-state index contributed by atoms with van der Waals surface area (Å²) in [5.41, 5.74) is 5.77. The lowest BCUT2D eigenvalue weighted by Crippen LogP contribution is -2.20. The van der Waals surface area contributed by atoms with E-state index in [2.05, 4.69) is 22.5 Å². The topological polar surface area (TPSA) is 68.0 Å². The van der Waals surface area contributed by atoms with Crippen LogP contribution in [0, 0.1) is 0 Å². The van der Waals surface area contributed by atoms with Gasteiger partial charge in [0, 0.05) is 0 Å². The molecule has 0 fully saturated rings. The van der Waals surface area contributed by atoms with Crippen molar-refractivity contribution in [3.8, 4) is 0 Å². The van der Waals surface area contributed by atoms with Crippen molar-refractivity contribution < 1.29 is 4.79 Å². The fraction of sp³-hybridized carbons (Fsp3) is 0.125. The number of anilines is 1. The molecule has 1 heterocycles. The minimum Gasteiger partial charge on any atom is -0.393 e. The molecule has 3 N–H and O–H groups in total. The molecule has 0 unspecified atom stereocenters. The second-order valence-electron chi connectivity index (χ2n) is 2.56. The van der Waals surface area contributed by atoms with Crippen LogP contribution in [0.15, 0.2) is 18.3 Å². The Bertz CT molecular complexity index is 352. The molecule has 0 aliphatic carbocycles. The maximum atomic E-state index is 11.2. The van der Waals surface area contributed by atoms with E-state index in [0.29, 0.717) is 10.8 Å². The highest BCUT2D eigenvalue weighted by molar-refractivity contribution is 7.80. The van der Waals surface area contributed by atoms with Crippen LogP contribution in [0.5, 0.6) is 0 Å². The van der Waals surface area contributed by atoms with Crippen LogP contribution < -0.4 is 11.1 Å². The van der Waals surface area contributed by atoms with Crippen LogP contribution in [0.1, 0.15) is 6.42 Å². The van der Waals surface area contributed by atoms with Gasteiger partial charge in [-0.05, 0) is 12.1 Å². The predicted molar refractivity (Wildman–Crippen MR) is 59.3 cm³/mol. The molecular weight excluding hydrogens is 222 g/mol. The summed E-state index contributed by atoms with van der Waals surface area (Å²) < 4.78 is 0. The van der Waals surface area contributed by atoms with Gasteiger partial charge in [0.25, 0.3) is 0 Å². The second-order valence-corrected chi connectivity index (χ2v) is 3.47. The molecule has 0 saturated heterocycles. The number of aromatic nitrogens is 1. The number of rotatable bonds is 3. The van der Waals surface area contributed by atoms with E-state index in [-0.39, 0.29) is 17.3 Å². The third-order valence-corrected chi connectivity index (χ3v) is 1.71. The van der Waals surface area contributed by atoms with Gasteiger partial charge in [0.05, 0.1) is 23.3 Å². The van der Waals surface area contributed by atoms with Crippen molar-refractivity contribution in [3.63, 3.8) is 0 Å². The van der Waals surface area contributed by atoms with E-state index in [1.54, 1.807) is 12.1 Å². The summed E-state index contributed by atoms with van der Waals surface area (Å²) in [5, 5.41) is 2.95. The number of nitrogens with one attached hydrogen (secondary N) is 1. The van der Waals surface area contributed by atoms with Gasteiger partial charge in [-0.1, -0.05) is 23.8 Å². The number of pyridine rings is 1. The average molecular weight is 230 g/mol. The largest absolute Gasteiger partial charge is 0.393 e. The molecule has 1 aromatic heterocycles. The molecule has 14 heavy (non-hydrogen) atoms. The molecule has 0 aromatic carbocycles. The fourth-order valence-electron chi connectivity index (χ4n) is 0.813. The van der Waals surface area contributed by atoms with E-state index in [0.717, 1.165) is 0 Å². The van der Waals surface area contributed by atoms with Gasteiger partial charge in [0.1, 0.15) is 5.15 Å². The van der Waals surface area contributed by atoms with E-state index in [4.69, 9.17) is 17.3 Å². The van der Waals surface area contributed by atoms with Crippen LogP contribution in [-0.2, 0) is 4.79 Å². The lowest BCUT2D eigenvalue weighted by molar-refractivity contribution is -0.115. The number of nitrogens with zero attached hydrogens (tertiary/aromatic N) is 1. The summed E-state index contributed by atoms with van der Waals surface area (Å²) in [4.78, 5) is 15.1. The van der Waals surface area contributed by atoms with Crippen molar-refractivity contribution in [3.05, 3.63) is 23.5 Å². The minimum atomic E-state index is -0.262. The zero-order chi connectivity index (χ0) is 10.6. The second kappa shape index (κ2) is 4.88. The highest BCUT2D eigenvalue weighted by Crippen LogP contribution is 2.09. The van der Waals surface area contributed by atoms with Gasteiger partial charge in [-0.25, -0.2) is 4.98 Å². The van der Waals surface area contributed by atoms with E-state index in [1.165, 1.54) is 6.20 Å². The third-order valence-electron chi connectivity index (χ3n) is 1.35. The number of hydrogen-bond acceptors (Lipinski definition) is 3. The highest BCUT2D eigenvalue weighted by Gasteiger charge is 2.03. The van der Waals surface area contributed by atoms with Gasteiger partial charge in [0.15, 0.2) is 0 Å². The lowest BCUT2D eigenvalue weighted by atomic mass is 10.3. The molecular formula is C8H8ClN3OS. The number of hydrogen-bond donors (Lipinski definition) is 2. The monoisotopic (exact) mass is 229 g/mol. The molecule has 6 heteroatoms. The molecule has 0 aliphatic heterocycles. The first-order chi connectivity index (χ1) is 6.58. The standard InChI is InChI=1S/C8H8ClN3OS/c9-6-2-1-5(4-11-6)12-8(13)3-7(10)14/h1-2,4H,3H2,(H2,10,14)(H,12,13). The summed E-state index contributed by atoms with van der Waals surface area (Å²) >= 11 is 10.2. The normalized spacial score (nSPS) is 9.50. The van der Waals surface area contributed by atoms with Crippen molar-refractivity contribution in [2.24, 2.45) is 5.73 Å². The predicted octanol–water partition coefficient (Wildman–Crippen LogP) is 1.35. The van der Waals surface area contributed by atoms with E-state index < -0.39 is 0 Å². The van der Waals surface area contributed by atoms with Gasteiger partial charge >= 0.3 is 0 Å². The van der Waals surface area contributed by atoms with E-state index in [9.17, 15) is 4.79 Å². The molecule has 74 valence electrons. The quantitative estimate of drug-likeness (QED) is 0.607. The first-order valence-corrected chi connectivity index (χ1v) is 4.56. The molecule has 0 saturated carbocycles. The Kier molecular flexibility index (Phi) is 3.79. The maximum Gasteiger partial charge on any atom is 0.231 e. The molecule has 4 nitrogen and oxygen atoms in total. The van der Waals surface area contributed by atoms with Gasteiger partial charge in [-0.2, -0.15) is 0 Å². The molecule has 1 rings (SSSR count). The molecule has 0 spiro atoms. The summed E-state index contributed by atoms with van der Waals surface area (Å²) in [6.45, 7) is 0. The number of nitrogens with two attached hydrogens (primary N) is 1. The van der Waals surface area contributed by atoms with E-state index in [1.807, 2.05) is 0 Å². The summed E-state index contributed by atoms with van der Waals surface area (Å²) in [6.07, 6.45) is 1.48. The fourth-order valence-corrected chi connectivity index (χ4v) is 1.06. The van der Waals surface area contributed by atoms with Crippen molar-refractivity contribution in [1.29, 1.82) is 0 Å². The number of halogens is 1. The zero-order valence-electron chi connectivity index (χ0n) is 7.16. The van der Waals surface area contributed by atoms with Crippen molar-refractivity contribution in [1.82, 2.24) is 4.98 Å². The van der Waals surface area contributed by atoms with Crippen LogP contribution in [0.3, 0.4) is 0 Å². The van der Waals surface area contributed by atoms with Crippen molar-refractivity contribution >= 4 is 40.4 Å². The minimum absolute atomic E-state index is 0.0258. The number of carbonyl (C=O) groups excluding carboxylic acids is 1. The van der Waals surface area contributed by atoms with Gasteiger partial charge in [-0.15, -0.1) is 0 Å². The number of thiocarbonyl (C=S) groups is 1. The SMILES string of the molecule is NC(=S)CC(=O)Nc1ccc(Cl)nc1. The van der Waals surface area contributed by atoms with Crippen LogP contribution in [0.4, 0.5) is 5.69 Å². The summed E-state index contributed by atoms with van der Waals surface area (Å²) in [5.74, 6) is -0.262. The molecule has 0 radical (unpaired) electrons. The molecule has 0 atom stereocenters. The van der Waals surface area contributed by atoms with Crippen LogP contribution in [0.2, 0.25) is 5.15 Å². The number of carbonyl (C=O) groups is 1. The van der Waals surface area contributed by atoms with Gasteiger partial charge in [0.2, 0.25) is 5.91 Å². The van der Waals surface area contributed by atoms with Gasteiger partial charge in [-0.3, -0.25) is 4.79 Å². The summed E-state index contributed by atoms with van der Waals surface area (Å²) in [6, 6.07) is 3.23. The molecule has 1 amide bonds. The lowest BCUT2D eigenvalue weighted by Gasteiger charge is -2.03.